The van der Waals surface area contributed by atoms with E-state index in [0.29, 0.717) is 16.8 Å². The summed E-state index contributed by atoms with van der Waals surface area (Å²) in [4.78, 5) is 28.0. The van der Waals surface area contributed by atoms with Crippen LogP contribution in [0.5, 0.6) is 0 Å². The van der Waals surface area contributed by atoms with Crippen LogP contribution in [0.2, 0.25) is 0 Å². The van der Waals surface area contributed by atoms with Crippen LogP contribution in [0.3, 0.4) is 0 Å². The van der Waals surface area contributed by atoms with Crippen LogP contribution in [0.1, 0.15) is 31.8 Å². The van der Waals surface area contributed by atoms with Crippen molar-refractivity contribution in [3.8, 4) is 0 Å². The topological polar surface area (TPSA) is 61.4 Å². The molecule has 0 atom stereocenters. The van der Waals surface area contributed by atoms with Gasteiger partial charge in [0, 0.05) is 42.2 Å². The Hall–Kier alpha value is -2.61. The molecule has 0 unspecified atom stereocenters. The fourth-order valence-electron chi connectivity index (χ4n) is 3.56. The Morgan fingerprint density at radius 1 is 0.935 bits per heavy atom. The molecule has 0 aliphatic carbocycles. The van der Waals surface area contributed by atoms with Crippen molar-refractivity contribution in [2.75, 3.05) is 35.2 Å². The highest BCUT2D eigenvalue weighted by Gasteiger charge is 2.17. The lowest BCUT2D eigenvalue weighted by Crippen LogP contribution is -2.32. The zero-order valence-corrected chi connectivity index (χ0v) is 19.0. The first-order valence-corrected chi connectivity index (χ1v) is 12.3. The van der Waals surface area contributed by atoms with Gasteiger partial charge in [0.05, 0.1) is 16.8 Å². The first-order chi connectivity index (χ1) is 15.1. The number of nitrogens with zero attached hydrogens (tertiary/aromatic N) is 1. The molecule has 7 heteroatoms. The van der Waals surface area contributed by atoms with Crippen LogP contribution in [-0.4, -0.2) is 41.3 Å². The first-order valence-electron chi connectivity index (χ1n) is 10.2. The Bertz CT molecular complexity index is 1060. The fourth-order valence-corrected chi connectivity index (χ4v) is 5.17. The van der Waals surface area contributed by atoms with E-state index in [4.69, 9.17) is 0 Å². The Morgan fingerprint density at radius 2 is 1.68 bits per heavy atom. The van der Waals surface area contributed by atoms with Crippen molar-refractivity contribution in [2.45, 2.75) is 13.5 Å². The van der Waals surface area contributed by atoms with Crippen molar-refractivity contribution in [1.82, 2.24) is 4.90 Å². The van der Waals surface area contributed by atoms with Gasteiger partial charge < -0.3 is 10.6 Å². The van der Waals surface area contributed by atoms with E-state index in [1.54, 1.807) is 29.6 Å². The molecule has 0 spiro atoms. The number of benzene rings is 2. The van der Waals surface area contributed by atoms with Crippen molar-refractivity contribution in [2.24, 2.45) is 0 Å². The number of thiophene rings is 1. The molecule has 0 radical (unpaired) electrons. The van der Waals surface area contributed by atoms with Gasteiger partial charge in [-0.2, -0.15) is 23.1 Å². The maximum atomic E-state index is 13.1. The Kier molecular flexibility index (Phi) is 7.06. The lowest BCUT2D eigenvalue weighted by Gasteiger charge is -2.27. The third-order valence-corrected chi connectivity index (χ3v) is 7.02. The first kappa shape index (κ1) is 21.6. The summed E-state index contributed by atoms with van der Waals surface area (Å²) in [6.07, 6.45) is 0. The largest absolute Gasteiger partial charge is 0.322 e. The van der Waals surface area contributed by atoms with Crippen LogP contribution < -0.4 is 10.6 Å². The molecular weight excluding hydrogens is 426 g/mol. The summed E-state index contributed by atoms with van der Waals surface area (Å²) in [5.74, 6) is 1.88. The molecule has 3 aromatic rings. The SMILES string of the molecule is Cc1c(CN2CCSCC2)cccc1NC(=O)c1ccccc1NC(=O)c1ccsc1. The summed E-state index contributed by atoms with van der Waals surface area (Å²) in [5.41, 5.74) is 4.62. The second-order valence-electron chi connectivity index (χ2n) is 7.44. The van der Waals surface area contributed by atoms with Gasteiger partial charge in [-0.15, -0.1) is 0 Å². The number of nitrogens with one attached hydrogen (secondary N) is 2. The van der Waals surface area contributed by atoms with Crippen LogP contribution in [0.15, 0.2) is 59.3 Å². The molecule has 2 aromatic carbocycles. The molecule has 2 heterocycles. The number of anilines is 2. The number of carbonyl (C=O) groups excluding carboxylic acids is 2. The molecule has 31 heavy (non-hydrogen) atoms. The van der Waals surface area contributed by atoms with Crippen molar-refractivity contribution in [1.29, 1.82) is 0 Å². The summed E-state index contributed by atoms with van der Waals surface area (Å²) in [7, 11) is 0. The minimum Gasteiger partial charge on any atom is -0.322 e. The van der Waals surface area contributed by atoms with Crippen LogP contribution in [0.25, 0.3) is 0 Å². The highest BCUT2D eigenvalue weighted by Crippen LogP contribution is 2.24. The maximum Gasteiger partial charge on any atom is 0.257 e. The Morgan fingerprint density at radius 3 is 2.45 bits per heavy atom. The van der Waals surface area contributed by atoms with Crippen molar-refractivity contribution in [3.63, 3.8) is 0 Å². The number of para-hydroxylation sites is 1. The van der Waals surface area contributed by atoms with Gasteiger partial charge in [0.1, 0.15) is 0 Å². The van der Waals surface area contributed by atoms with Crippen LogP contribution in [0, 0.1) is 6.92 Å². The molecule has 4 rings (SSSR count). The van der Waals surface area contributed by atoms with Gasteiger partial charge in [0.2, 0.25) is 0 Å². The second kappa shape index (κ2) is 10.1. The van der Waals surface area contributed by atoms with Gasteiger partial charge in [-0.05, 0) is 47.7 Å². The number of hydrogen-bond donors (Lipinski definition) is 2. The molecular formula is C24H25N3O2S2. The standard InChI is InChI=1S/C24H25N3O2S2/c1-17-18(15-27-10-13-30-14-11-27)5-4-8-21(17)25-24(29)20-6-2-3-7-22(20)26-23(28)19-9-12-31-16-19/h2-9,12,16H,10-11,13-15H2,1H3,(H,25,29)(H,26,28). The molecule has 2 N–H and O–H groups in total. The molecule has 0 saturated carbocycles. The van der Waals surface area contributed by atoms with Gasteiger partial charge in [-0.1, -0.05) is 24.3 Å². The lowest BCUT2D eigenvalue weighted by molar-refractivity contribution is 0.102. The smallest absolute Gasteiger partial charge is 0.257 e. The van der Waals surface area contributed by atoms with Gasteiger partial charge in [-0.3, -0.25) is 14.5 Å². The van der Waals surface area contributed by atoms with Crippen LogP contribution in [0.4, 0.5) is 11.4 Å². The van der Waals surface area contributed by atoms with E-state index in [0.717, 1.165) is 30.9 Å². The molecule has 0 bridgehead atoms. The number of rotatable bonds is 6. The van der Waals surface area contributed by atoms with E-state index in [1.165, 1.54) is 28.4 Å². The molecule has 1 fully saturated rings. The second-order valence-corrected chi connectivity index (χ2v) is 9.45. The summed E-state index contributed by atoms with van der Waals surface area (Å²) >= 11 is 3.46. The highest BCUT2D eigenvalue weighted by molar-refractivity contribution is 7.99. The Balaban J connectivity index is 1.50. The zero-order chi connectivity index (χ0) is 21.6. The van der Waals surface area contributed by atoms with Crippen molar-refractivity contribution in [3.05, 3.63) is 81.5 Å². The van der Waals surface area contributed by atoms with Crippen LogP contribution in [-0.2, 0) is 6.54 Å². The van der Waals surface area contributed by atoms with E-state index in [2.05, 4.69) is 21.6 Å². The molecule has 160 valence electrons. The predicted octanol–water partition coefficient (Wildman–Crippen LogP) is 5.11. The fraction of sp³-hybridized carbons (Fsp3) is 0.250. The number of hydrogen-bond acceptors (Lipinski definition) is 5. The van der Waals surface area contributed by atoms with Crippen molar-refractivity contribution >= 4 is 46.3 Å². The summed E-state index contributed by atoms with van der Waals surface area (Å²) in [5, 5.41) is 9.54. The normalized spacial score (nSPS) is 14.2. The van der Waals surface area contributed by atoms with E-state index in [9.17, 15) is 9.59 Å². The molecule has 2 amide bonds. The quantitative estimate of drug-likeness (QED) is 0.547. The molecule has 1 saturated heterocycles. The van der Waals surface area contributed by atoms with E-state index >= 15 is 0 Å². The maximum absolute atomic E-state index is 13.1. The van der Waals surface area contributed by atoms with Crippen molar-refractivity contribution < 1.29 is 9.59 Å². The van der Waals surface area contributed by atoms with Gasteiger partial charge in [0.15, 0.2) is 0 Å². The summed E-state index contributed by atoms with van der Waals surface area (Å²) in [6.45, 7) is 5.13. The van der Waals surface area contributed by atoms with E-state index in [-0.39, 0.29) is 11.8 Å². The minimum atomic E-state index is -0.240. The van der Waals surface area contributed by atoms with Crippen LogP contribution >= 0.6 is 23.1 Å². The monoisotopic (exact) mass is 451 g/mol. The van der Waals surface area contributed by atoms with E-state index < -0.39 is 0 Å². The lowest BCUT2D eigenvalue weighted by atomic mass is 10.1. The van der Waals surface area contributed by atoms with Gasteiger partial charge in [0.25, 0.3) is 11.8 Å². The zero-order valence-electron chi connectivity index (χ0n) is 17.4. The molecule has 1 aliphatic heterocycles. The van der Waals surface area contributed by atoms with Gasteiger partial charge in [-0.25, -0.2) is 0 Å². The molecule has 5 nitrogen and oxygen atoms in total. The third-order valence-electron chi connectivity index (χ3n) is 5.40. The number of thioether (sulfide) groups is 1. The average molecular weight is 452 g/mol. The van der Waals surface area contributed by atoms with Gasteiger partial charge >= 0.3 is 0 Å². The average Bonchev–Trinajstić information content (AvgIpc) is 3.33. The molecule has 1 aromatic heterocycles. The highest BCUT2D eigenvalue weighted by atomic mass is 32.2. The Labute approximate surface area is 190 Å². The summed E-state index contributed by atoms with van der Waals surface area (Å²) in [6, 6.07) is 14.9. The van der Waals surface area contributed by atoms with E-state index in [1.807, 2.05) is 42.3 Å². The third kappa shape index (κ3) is 5.36. The summed E-state index contributed by atoms with van der Waals surface area (Å²) < 4.78 is 0. The number of amides is 2. The minimum absolute atomic E-state index is 0.223. The predicted molar refractivity (Wildman–Crippen MR) is 130 cm³/mol. The number of carbonyl (C=O) groups is 2. The molecule has 1 aliphatic rings.